The van der Waals surface area contributed by atoms with Gasteiger partial charge in [-0.3, -0.25) is 9.52 Å². The van der Waals surface area contributed by atoms with Gasteiger partial charge in [-0.2, -0.15) is 4.31 Å². The molecular weight excluding hydrogens is 670 g/mol. The third kappa shape index (κ3) is 9.30. The standard InChI is InChI=1S/C32H42FN3O8S3/c1-22-19-36(23(2)21-37)32(38)28-18-26(34-46(39,40)27-13-10-25(33)11-14-27)12-15-29(28)44-24(3)8-5-6-16-43-30(22)20-35(4)47(41,42)31-9-7-17-45-31/h7,9-15,17-18,22-24,30,34,37H,5-6,8,16,19-21H2,1-4H3/t22-,23-,24-,30-/m1/s1. The van der Waals surface area contributed by atoms with Crippen molar-refractivity contribution in [2.75, 3.05) is 38.1 Å². The Kier molecular flexibility index (Phi) is 12.4. The summed E-state index contributed by atoms with van der Waals surface area (Å²) in [6, 6.07) is 11.3. The summed E-state index contributed by atoms with van der Waals surface area (Å²) in [6.45, 7) is 5.57. The topological polar surface area (TPSA) is 143 Å². The van der Waals surface area contributed by atoms with E-state index in [1.807, 2.05) is 13.8 Å². The lowest BCUT2D eigenvalue weighted by atomic mass is 10.0. The van der Waals surface area contributed by atoms with Crippen LogP contribution in [0.15, 0.2) is 69.1 Å². The number of nitrogens with one attached hydrogen (secondary N) is 1. The molecule has 0 saturated heterocycles. The second kappa shape index (κ2) is 15.9. The van der Waals surface area contributed by atoms with Gasteiger partial charge < -0.3 is 19.5 Å². The quantitative estimate of drug-likeness (QED) is 0.322. The highest BCUT2D eigenvalue weighted by atomic mass is 32.2. The highest BCUT2D eigenvalue weighted by Crippen LogP contribution is 2.30. The van der Waals surface area contributed by atoms with Gasteiger partial charge in [-0.25, -0.2) is 21.2 Å². The van der Waals surface area contributed by atoms with Gasteiger partial charge in [0.2, 0.25) is 0 Å². The molecule has 0 aliphatic carbocycles. The van der Waals surface area contributed by atoms with Crippen LogP contribution in [0.25, 0.3) is 0 Å². The Labute approximate surface area is 280 Å². The fourth-order valence-corrected chi connectivity index (χ4v) is 8.63. The lowest BCUT2D eigenvalue weighted by Gasteiger charge is -2.35. The first-order valence-corrected chi connectivity index (χ1v) is 19.2. The number of amides is 1. The van der Waals surface area contributed by atoms with Crippen LogP contribution in [0.4, 0.5) is 10.1 Å². The largest absolute Gasteiger partial charge is 0.490 e. The van der Waals surface area contributed by atoms with Crippen molar-refractivity contribution in [3.63, 3.8) is 0 Å². The number of sulfonamides is 2. The Morgan fingerprint density at radius 3 is 2.49 bits per heavy atom. The van der Waals surface area contributed by atoms with Gasteiger partial charge in [-0.05, 0) is 87.0 Å². The Morgan fingerprint density at radius 2 is 1.83 bits per heavy atom. The van der Waals surface area contributed by atoms with Crippen LogP contribution in [0, 0.1) is 11.7 Å². The number of halogens is 1. The highest BCUT2D eigenvalue weighted by Gasteiger charge is 2.33. The summed E-state index contributed by atoms with van der Waals surface area (Å²) in [5.41, 5.74) is 0.167. The number of carbonyl (C=O) groups excluding carboxylic acids is 1. The van der Waals surface area contributed by atoms with Crippen molar-refractivity contribution < 1.29 is 40.6 Å². The minimum atomic E-state index is -4.12. The van der Waals surface area contributed by atoms with Crippen LogP contribution < -0.4 is 9.46 Å². The summed E-state index contributed by atoms with van der Waals surface area (Å²) in [7, 11) is -6.37. The number of ether oxygens (including phenoxy) is 2. The monoisotopic (exact) mass is 711 g/mol. The van der Waals surface area contributed by atoms with Crippen LogP contribution in [-0.2, 0) is 24.8 Å². The third-order valence-corrected chi connectivity index (χ3v) is 12.6. The Morgan fingerprint density at radius 1 is 1.11 bits per heavy atom. The molecule has 11 nitrogen and oxygen atoms in total. The van der Waals surface area contributed by atoms with Gasteiger partial charge in [-0.1, -0.05) is 13.0 Å². The van der Waals surface area contributed by atoms with E-state index in [0.717, 1.165) is 42.0 Å². The van der Waals surface area contributed by atoms with Crippen LogP contribution >= 0.6 is 11.3 Å². The second-order valence-electron chi connectivity index (χ2n) is 11.8. The van der Waals surface area contributed by atoms with E-state index in [2.05, 4.69) is 4.72 Å². The van der Waals surface area contributed by atoms with E-state index in [9.17, 15) is 31.1 Å². The van der Waals surface area contributed by atoms with E-state index in [0.29, 0.717) is 19.4 Å². The summed E-state index contributed by atoms with van der Waals surface area (Å²) in [5.74, 6) is -1.22. The van der Waals surface area contributed by atoms with Crippen molar-refractivity contribution in [2.24, 2.45) is 5.92 Å². The fraction of sp³-hybridized carbons (Fsp3) is 0.469. The molecular formula is C32H42FN3O8S3. The van der Waals surface area contributed by atoms with Crippen molar-refractivity contribution in [3.8, 4) is 5.75 Å². The lowest BCUT2D eigenvalue weighted by Crippen LogP contribution is -2.48. The molecule has 2 aromatic carbocycles. The molecule has 1 amide bonds. The number of thiophene rings is 1. The number of carbonyl (C=O) groups is 1. The molecule has 258 valence electrons. The van der Waals surface area contributed by atoms with E-state index in [1.54, 1.807) is 24.4 Å². The molecule has 2 heterocycles. The zero-order valence-corrected chi connectivity index (χ0v) is 29.3. The van der Waals surface area contributed by atoms with Gasteiger partial charge in [0.25, 0.3) is 26.0 Å². The van der Waals surface area contributed by atoms with E-state index in [-0.39, 0.29) is 57.8 Å². The maximum Gasteiger partial charge on any atom is 0.261 e. The Hall–Kier alpha value is -3.08. The summed E-state index contributed by atoms with van der Waals surface area (Å²) in [5, 5.41) is 11.9. The molecule has 1 aliphatic heterocycles. The Bertz CT molecular complexity index is 1700. The number of aliphatic hydroxyl groups excluding tert-OH is 1. The molecule has 0 unspecified atom stereocenters. The zero-order valence-electron chi connectivity index (χ0n) is 26.8. The molecule has 0 fully saturated rings. The van der Waals surface area contributed by atoms with Gasteiger partial charge in [0.15, 0.2) is 0 Å². The number of nitrogens with zero attached hydrogens (tertiary/aromatic N) is 2. The molecule has 1 aliphatic rings. The highest BCUT2D eigenvalue weighted by molar-refractivity contribution is 7.92. The molecule has 1 aromatic heterocycles. The number of aliphatic hydroxyl groups is 1. The van der Waals surface area contributed by atoms with Crippen LogP contribution in [0.5, 0.6) is 5.75 Å². The fourth-order valence-electron chi connectivity index (χ4n) is 5.19. The van der Waals surface area contributed by atoms with E-state index in [4.69, 9.17) is 9.47 Å². The summed E-state index contributed by atoms with van der Waals surface area (Å²) in [4.78, 5) is 15.6. The third-order valence-electron chi connectivity index (χ3n) is 8.02. The zero-order chi connectivity index (χ0) is 34.4. The number of likely N-dealkylation sites (N-methyl/N-ethyl adjacent to an activating group) is 1. The van der Waals surface area contributed by atoms with Crippen LogP contribution in [-0.4, -0.2) is 88.7 Å². The smallest absolute Gasteiger partial charge is 0.261 e. The first kappa shape index (κ1) is 36.8. The van der Waals surface area contributed by atoms with Gasteiger partial charge in [-0.15, -0.1) is 11.3 Å². The van der Waals surface area contributed by atoms with Gasteiger partial charge in [0, 0.05) is 38.3 Å². The Balaban J connectivity index is 1.68. The van der Waals surface area contributed by atoms with Crippen molar-refractivity contribution in [1.82, 2.24) is 9.21 Å². The molecule has 47 heavy (non-hydrogen) atoms. The molecule has 0 radical (unpaired) electrons. The number of anilines is 1. The average molecular weight is 712 g/mol. The lowest BCUT2D eigenvalue weighted by molar-refractivity contribution is -0.00832. The minimum Gasteiger partial charge on any atom is -0.490 e. The number of fused-ring (bicyclic) bond motifs is 1. The van der Waals surface area contributed by atoms with E-state index in [1.165, 1.54) is 34.5 Å². The SMILES string of the molecule is C[C@@H]1CCCCO[C@H](CN(C)S(=O)(=O)c2cccs2)[C@H](C)CN([C@H](C)CO)C(=O)c2cc(NS(=O)(=O)c3ccc(F)cc3)ccc2O1. The van der Waals surface area contributed by atoms with Crippen LogP contribution in [0.1, 0.15) is 50.4 Å². The van der Waals surface area contributed by atoms with E-state index < -0.39 is 43.9 Å². The number of hydrogen-bond donors (Lipinski definition) is 2. The maximum atomic E-state index is 14.3. The molecule has 4 rings (SSSR count). The molecule has 2 N–H and O–H groups in total. The van der Waals surface area contributed by atoms with Gasteiger partial charge in [0.1, 0.15) is 15.8 Å². The normalized spacial score (nSPS) is 21.0. The van der Waals surface area contributed by atoms with Crippen molar-refractivity contribution in [3.05, 3.63) is 71.4 Å². The average Bonchev–Trinajstić information content (AvgIpc) is 3.59. The molecule has 4 atom stereocenters. The minimum absolute atomic E-state index is 0.0440. The summed E-state index contributed by atoms with van der Waals surface area (Å²) < 4.78 is 82.4. The van der Waals surface area contributed by atoms with Crippen molar-refractivity contribution in [2.45, 2.75) is 67.4 Å². The summed E-state index contributed by atoms with van der Waals surface area (Å²) in [6.07, 6.45) is 1.20. The number of hydrogen-bond acceptors (Lipinski definition) is 9. The summed E-state index contributed by atoms with van der Waals surface area (Å²) >= 11 is 1.13. The second-order valence-corrected chi connectivity index (χ2v) is 16.7. The first-order valence-electron chi connectivity index (χ1n) is 15.3. The van der Waals surface area contributed by atoms with E-state index >= 15 is 0 Å². The first-order chi connectivity index (χ1) is 22.2. The predicted molar refractivity (Wildman–Crippen MR) is 178 cm³/mol. The van der Waals surface area contributed by atoms with Crippen LogP contribution in [0.3, 0.4) is 0 Å². The maximum absolute atomic E-state index is 14.3. The molecule has 3 aromatic rings. The van der Waals surface area contributed by atoms with Gasteiger partial charge in [0.05, 0.1) is 35.3 Å². The van der Waals surface area contributed by atoms with Crippen molar-refractivity contribution in [1.29, 1.82) is 0 Å². The van der Waals surface area contributed by atoms with Gasteiger partial charge >= 0.3 is 0 Å². The number of rotatable bonds is 9. The predicted octanol–water partition coefficient (Wildman–Crippen LogP) is 4.80. The van der Waals surface area contributed by atoms with Crippen molar-refractivity contribution >= 4 is 43.0 Å². The molecule has 0 saturated carbocycles. The molecule has 0 bridgehead atoms. The van der Waals surface area contributed by atoms with Crippen LogP contribution in [0.2, 0.25) is 0 Å². The number of benzene rings is 2. The molecule has 15 heteroatoms. The molecule has 0 spiro atoms.